The van der Waals surface area contributed by atoms with Crippen LogP contribution in [0.5, 0.6) is 0 Å². The molecule has 2 fully saturated rings. The Bertz CT molecular complexity index is 1570. The molecule has 0 spiro atoms. The molecule has 6 heterocycles. The molecule has 2 aliphatic rings. The minimum Gasteiger partial charge on any atom is -0.382 e. The number of amides is 1. The number of likely N-dealkylation sites (N-methyl/N-ethyl adjacent to an activating group) is 1. The van der Waals surface area contributed by atoms with E-state index in [2.05, 4.69) is 47.1 Å². The number of carbonyl (C=O) groups excluding carboxylic acids is 1. The number of hydrogen-bond acceptors (Lipinski definition) is 10. The summed E-state index contributed by atoms with van der Waals surface area (Å²) in [5.41, 5.74) is 10.3. The monoisotopic (exact) mass is 537 g/mol. The van der Waals surface area contributed by atoms with Crippen LogP contribution in [-0.4, -0.2) is 87.7 Å². The highest BCUT2D eigenvalue weighted by Gasteiger charge is 2.27. The first kappa shape index (κ1) is 25.5. The maximum atomic E-state index is 13.3. The summed E-state index contributed by atoms with van der Waals surface area (Å²) in [6, 6.07) is 13.2. The van der Waals surface area contributed by atoms with Gasteiger partial charge in [-0.1, -0.05) is 6.07 Å². The van der Waals surface area contributed by atoms with Gasteiger partial charge in [0.1, 0.15) is 35.1 Å². The average molecular weight is 538 g/mol. The summed E-state index contributed by atoms with van der Waals surface area (Å²) in [7, 11) is 2.12. The normalized spacial score (nSPS) is 18.1. The topological polar surface area (TPSA) is 145 Å². The lowest BCUT2D eigenvalue weighted by Gasteiger charge is -2.34. The minimum atomic E-state index is -0.170. The molecule has 3 N–H and O–H groups in total. The maximum Gasteiger partial charge on any atom is 0.270 e. The number of rotatable bonds is 5. The van der Waals surface area contributed by atoms with Crippen molar-refractivity contribution in [3.63, 3.8) is 0 Å². The van der Waals surface area contributed by atoms with Gasteiger partial charge in [-0.2, -0.15) is 10.4 Å². The lowest BCUT2D eigenvalue weighted by atomic mass is 10.0. The standard InChI is InChI=1S/C28H31N11O/c1-36-10-12-37(13-11-36)25-6-2-5-22(35-25)28(40)34-21-4-3-9-38(17-21)24-14-23(19-7-8-20(15-29)31-16-19)39-26(24)27(30)32-18-33-39/h2,5-8,14,16,18,21H,3-4,9-13,17H2,1H3,(H,34,40)(H2,30,32,33)/t21-/m1/s1. The molecule has 0 aliphatic carbocycles. The molecule has 4 aromatic rings. The summed E-state index contributed by atoms with van der Waals surface area (Å²) < 4.78 is 1.76. The molecule has 0 bridgehead atoms. The Morgan fingerprint density at radius 3 is 2.73 bits per heavy atom. The smallest absolute Gasteiger partial charge is 0.270 e. The second-order valence-electron chi connectivity index (χ2n) is 10.3. The van der Waals surface area contributed by atoms with Crippen molar-refractivity contribution in [2.24, 2.45) is 0 Å². The van der Waals surface area contributed by atoms with E-state index >= 15 is 0 Å². The highest BCUT2D eigenvalue weighted by Crippen LogP contribution is 2.35. The van der Waals surface area contributed by atoms with Gasteiger partial charge in [-0.3, -0.25) is 4.79 Å². The van der Waals surface area contributed by atoms with Crippen LogP contribution in [-0.2, 0) is 0 Å². The Labute approximate surface area is 232 Å². The van der Waals surface area contributed by atoms with Crippen LogP contribution in [0, 0.1) is 11.3 Å². The zero-order chi connectivity index (χ0) is 27.6. The highest BCUT2D eigenvalue weighted by molar-refractivity contribution is 5.93. The van der Waals surface area contributed by atoms with Crippen LogP contribution in [0.4, 0.5) is 17.3 Å². The molecule has 2 saturated heterocycles. The van der Waals surface area contributed by atoms with Crippen molar-refractivity contribution in [3.8, 4) is 17.3 Å². The van der Waals surface area contributed by atoms with Gasteiger partial charge in [-0.25, -0.2) is 19.5 Å². The molecular weight excluding hydrogens is 506 g/mol. The number of hydrogen-bond donors (Lipinski definition) is 2. The number of nitrogens with two attached hydrogens (primary N) is 1. The molecule has 4 aromatic heterocycles. The predicted molar refractivity (Wildman–Crippen MR) is 152 cm³/mol. The van der Waals surface area contributed by atoms with Crippen molar-refractivity contribution < 1.29 is 4.79 Å². The van der Waals surface area contributed by atoms with Gasteiger partial charge in [0.25, 0.3) is 5.91 Å². The number of nitrogen functional groups attached to an aromatic ring is 1. The fourth-order valence-electron chi connectivity index (χ4n) is 5.44. The van der Waals surface area contributed by atoms with Gasteiger partial charge in [0, 0.05) is 57.1 Å². The maximum absolute atomic E-state index is 13.3. The number of nitriles is 1. The van der Waals surface area contributed by atoms with E-state index < -0.39 is 0 Å². The van der Waals surface area contributed by atoms with Crippen molar-refractivity contribution >= 4 is 28.7 Å². The summed E-state index contributed by atoms with van der Waals surface area (Å²) in [6.45, 7) is 5.16. The molecule has 6 rings (SSSR count). The number of piperazine rings is 1. The number of piperidine rings is 1. The van der Waals surface area contributed by atoms with Crippen LogP contribution < -0.4 is 20.9 Å². The quantitative estimate of drug-likeness (QED) is 0.386. The molecule has 0 radical (unpaired) electrons. The van der Waals surface area contributed by atoms with Crippen molar-refractivity contribution in [2.75, 3.05) is 61.8 Å². The Hall–Kier alpha value is -4.76. The van der Waals surface area contributed by atoms with Crippen LogP contribution >= 0.6 is 0 Å². The Balaban J connectivity index is 1.22. The third-order valence-electron chi connectivity index (χ3n) is 7.63. The molecule has 12 nitrogen and oxygen atoms in total. The zero-order valence-corrected chi connectivity index (χ0v) is 22.4. The van der Waals surface area contributed by atoms with E-state index in [9.17, 15) is 4.79 Å². The van der Waals surface area contributed by atoms with E-state index in [1.807, 2.05) is 30.3 Å². The second-order valence-corrected chi connectivity index (χ2v) is 10.3. The predicted octanol–water partition coefficient (Wildman–Crippen LogP) is 1.79. The van der Waals surface area contributed by atoms with Gasteiger partial charge in [-0.15, -0.1) is 0 Å². The van der Waals surface area contributed by atoms with Gasteiger partial charge in [0.15, 0.2) is 5.82 Å². The number of nitrogens with one attached hydrogen (secondary N) is 1. The Morgan fingerprint density at radius 1 is 1.10 bits per heavy atom. The van der Waals surface area contributed by atoms with Gasteiger partial charge in [-0.05, 0) is 50.2 Å². The lowest BCUT2D eigenvalue weighted by molar-refractivity contribution is 0.0928. The second kappa shape index (κ2) is 10.8. The number of nitrogens with zero attached hydrogens (tertiary/aromatic N) is 9. The van der Waals surface area contributed by atoms with E-state index in [1.165, 1.54) is 6.33 Å². The SMILES string of the molecule is CN1CCN(c2cccc(C(=O)N[C@@H]3CCCN(c4cc(-c5ccc(C#N)nc5)n5ncnc(N)c45)C3)n2)CC1. The van der Waals surface area contributed by atoms with Crippen LogP contribution in [0.25, 0.3) is 16.8 Å². The number of anilines is 3. The van der Waals surface area contributed by atoms with E-state index in [1.54, 1.807) is 22.8 Å². The molecule has 2 aliphatic heterocycles. The van der Waals surface area contributed by atoms with Crippen molar-refractivity contribution in [1.29, 1.82) is 5.26 Å². The summed E-state index contributed by atoms with van der Waals surface area (Å²) in [6.07, 6.45) is 4.85. The number of aromatic nitrogens is 5. The summed E-state index contributed by atoms with van der Waals surface area (Å²) >= 11 is 0. The van der Waals surface area contributed by atoms with Crippen LogP contribution in [0.2, 0.25) is 0 Å². The molecule has 204 valence electrons. The largest absolute Gasteiger partial charge is 0.382 e. The third-order valence-corrected chi connectivity index (χ3v) is 7.63. The molecular formula is C28H31N11O. The molecule has 0 unspecified atom stereocenters. The van der Waals surface area contributed by atoms with E-state index in [0.717, 1.165) is 68.3 Å². The first-order chi connectivity index (χ1) is 19.5. The lowest BCUT2D eigenvalue weighted by Crippen LogP contribution is -2.48. The van der Waals surface area contributed by atoms with Gasteiger partial charge < -0.3 is 25.8 Å². The highest BCUT2D eigenvalue weighted by atomic mass is 16.2. The Morgan fingerprint density at radius 2 is 1.95 bits per heavy atom. The minimum absolute atomic E-state index is 0.0591. The molecule has 0 saturated carbocycles. The van der Waals surface area contributed by atoms with E-state index in [4.69, 9.17) is 11.0 Å². The van der Waals surface area contributed by atoms with Crippen LogP contribution in [0.1, 0.15) is 29.0 Å². The number of pyridine rings is 2. The fraction of sp³-hybridized carbons (Fsp3) is 0.357. The van der Waals surface area contributed by atoms with Gasteiger partial charge in [0.05, 0.1) is 11.4 Å². The summed E-state index contributed by atoms with van der Waals surface area (Å²) in [4.78, 5) is 33.1. The van der Waals surface area contributed by atoms with Crippen molar-refractivity contribution in [1.82, 2.24) is 34.8 Å². The average Bonchev–Trinajstić information content (AvgIpc) is 3.39. The fourth-order valence-corrected chi connectivity index (χ4v) is 5.44. The van der Waals surface area contributed by atoms with Gasteiger partial charge >= 0.3 is 0 Å². The van der Waals surface area contributed by atoms with Crippen molar-refractivity contribution in [3.05, 3.63) is 60.3 Å². The van der Waals surface area contributed by atoms with E-state index in [-0.39, 0.29) is 11.9 Å². The first-order valence-electron chi connectivity index (χ1n) is 13.5. The number of carbonyl (C=O) groups is 1. The first-order valence-corrected chi connectivity index (χ1v) is 13.5. The van der Waals surface area contributed by atoms with Crippen LogP contribution in [0.3, 0.4) is 0 Å². The Kier molecular flexibility index (Phi) is 6.88. The molecule has 0 aromatic carbocycles. The van der Waals surface area contributed by atoms with Crippen molar-refractivity contribution in [2.45, 2.75) is 18.9 Å². The third kappa shape index (κ3) is 4.99. The summed E-state index contributed by atoms with van der Waals surface area (Å²) in [5.74, 6) is 1.04. The zero-order valence-electron chi connectivity index (χ0n) is 22.4. The van der Waals surface area contributed by atoms with Crippen LogP contribution in [0.15, 0.2) is 48.9 Å². The molecule has 12 heteroatoms. The van der Waals surface area contributed by atoms with E-state index in [0.29, 0.717) is 29.3 Å². The van der Waals surface area contributed by atoms with Gasteiger partial charge in [0.2, 0.25) is 0 Å². The molecule has 40 heavy (non-hydrogen) atoms. The molecule has 1 atom stereocenters. The molecule has 1 amide bonds. The number of fused-ring (bicyclic) bond motifs is 1. The summed E-state index contributed by atoms with van der Waals surface area (Å²) in [5, 5.41) is 16.8.